The van der Waals surface area contributed by atoms with Gasteiger partial charge in [0.1, 0.15) is 12.1 Å². The number of aryl methyl sites for hydroxylation is 2. The molecule has 0 aliphatic carbocycles. The van der Waals surface area contributed by atoms with Crippen molar-refractivity contribution in [3.05, 3.63) is 46.1 Å². The molecule has 5 N–H and O–H groups in total. The second kappa shape index (κ2) is 5.03. The Morgan fingerprint density at radius 1 is 1.23 bits per heavy atom. The third-order valence-electron chi connectivity index (χ3n) is 3.44. The van der Waals surface area contributed by atoms with E-state index in [0.717, 1.165) is 22.8 Å². The fraction of sp³-hybridized carbons (Fsp3) is 0.133. The number of nitrogens with one attached hydrogen (secondary N) is 2. The van der Waals surface area contributed by atoms with Crippen LogP contribution in [0.5, 0.6) is 5.75 Å². The van der Waals surface area contributed by atoms with Crippen LogP contribution in [-0.4, -0.2) is 20.1 Å². The first-order valence-corrected chi connectivity index (χ1v) is 6.66. The minimum Gasteiger partial charge on any atom is -0.505 e. The standard InChI is InChI=1S/C15H15N5O2/c1-7-3-9-5-8(2)12(16)13(21)11(9)10(4-7)19-14-17-6-18-15(22)20-14/h3-6,21H,16H2,1-2H3,(H2,17,18,19,20,22). The van der Waals surface area contributed by atoms with Gasteiger partial charge in [0.25, 0.3) is 0 Å². The Bertz CT molecular complexity index is 933. The molecule has 0 aliphatic rings. The highest BCUT2D eigenvalue weighted by Crippen LogP contribution is 2.39. The molecule has 7 nitrogen and oxygen atoms in total. The highest BCUT2D eigenvalue weighted by Gasteiger charge is 2.13. The maximum Gasteiger partial charge on any atom is 0.349 e. The summed E-state index contributed by atoms with van der Waals surface area (Å²) in [6.07, 6.45) is 1.16. The van der Waals surface area contributed by atoms with Crippen molar-refractivity contribution in [2.45, 2.75) is 13.8 Å². The highest BCUT2D eigenvalue weighted by atomic mass is 16.3. The molecule has 2 aromatic carbocycles. The molecule has 0 aliphatic heterocycles. The lowest BCUT2D eigenvalue weighted by molar-refractivity contribution is 0.484. The molecule has 3 rings (SSSR count). The van der Waals surface area contributed by atoms with E-state index in [4.69, 9.17) is 5.73 Å². The Morgan fingerprint density at radius 2 is 2.00 bits per heavy atom. The third-order valence-corrected chi connectivity index (χ3v) is 3.44. The Labute approximate surface area is 125 Å². The lowest BCUT2D eigenvalue weighted by atomic mass is 10.0. The first kappa shape index (κ1) is 13.9. The minimum absolute atomic E-state index is 0.00824. The quantitative estimate of drug-likeness (QED) is 0.424. The fourth-order valence-corrected chi connectivity index (χ4v) is 2.42. The van der Waals surface area contributed by atoms with Crippen molar-refractivity contribution in [2.24, 2.45) is 0 Å². The summed E-state index contributed by atoms with van der Waals surface area (Å²) in [6.45, 7) is 3.78. The average molecular weight is 297 g/mol. The SMILES string of the molecule is Cc1cc(Nc2ncnc(=O)[nH]2)c2c(O)c(N)c(C)cc2c1. The number of hydrogen-bond acceptors (Lipinski definition) is 6. The number of phenols is 1. The monoisotopic (exact) mass is 297 g/mol. The van der Waals surface area contributed by atoms with Crippen LogP contribution in [0.1, 0.15) is 11.1 Å². The van der Waals surface area contributed by atoms with E-state index in [0.29, 0.717) is 16.8 Å². The molecule has 1 aromatic heterocycles. The lowest BCUT2D eigenvalue weighted by Crippen LogP contribution is -2.13. The number of hydrogen-bond donors (Lipinski definition) is 4. The summed E-state index contributed by atoms with van der Waals surface area (Å²) in [5.41, 5.74) is 8.14. The summed E-state index contributed by atoms with van der Waals surface area (Å²) < 4.78 is 0. The van der Waals surface area contributed by atoms with Crippen molar-refractivity contribution in [3.63, 3.8) is 0 Å². The maximum atomic E-state index is 11.3. The zero-order chi connectivity index (χ0) is 15.9. The number of nitrogens with two attached hydrogens (primary N) is 1. The number of benzene rings is 2. The van der Waals surface area contributed by atoms with Gasteiger partial charge >= 0.3 is 5.69 Å². The average Bonchev–Trinajstić information content (AvgIpc) is 2.44. The van der Waals surface area contributed by atoms with Crippen molar-refractivity contribution < 1.29 is 5.11 Å². The predicted octanol–water partition coefficient (Wildman–Crippen LogP) is 1.97. The topological polar surface area (TPSA) is 117 Å². The van der Waals surface area contributed by atoms with Gasteiger partial charge in [0.05, 0.1) is 11.4 Å². The Balaban J connectivity index is 2.24. The van der Waals surface area contributed by atoms with Crippen molar-refractivity contribution >= 4 is 28.1 Å². The number of anilines is 3. The molecular formula is C15H15N5O2. The molecule has 0 saturated carbocycles. The van der Waals surface area contributed by atoms with Gasteiger partial charge in [-0.15, -0.1) is 0 Å². The number of aromatic nitrogens is 3. The van der Waals surface area contributed by atoms with Crippen LogP contribution in [0, 0.1) is 13.8 Å². The van der Waals surface area contributed by atoms with Gasteiger partial charge in [-0.25, -0.2) is 9.78 Å². The maximum absolute atomic E-state index is 11.3. The van der Waals surface area contributed by atoms with E-state index < -0.39 is 5.69 Å². The van der Waals surface area contributed by atoms with Gasteiger partial charge in [0, 0.05) is 5.39 Å². The van der Waals surface area contributed by atoms with Crippen molar-refractivity contribution in [2.75, 3.05) is 11.1 Å². The second-order valence-electron chi connectivity index (χ2n) is 5.14. The van der Waals surface area contributed by atoms with E-state index in [-0.39, 0.29) is 11.7 Å². The summed E-state index contributed by atoms with van der Waals surface area (Å²) in [7, 11) is 0. The molecule has 22 heavy (non-hydrogen) atoms. The van der Waals surface area contributed by atoms with E-state index >= 15 is 0 Å². The molecule has 112 valence electrons. The summed E-state index contributed by atoms with van der Waals surface area (Å²) in [4.78, 5) is 21.2. The van der Waals surface area contributed by atoms with Crippen LogP contribution >= 0.6 is 0 Å². The number of fused-ring (bicyclic) bond motifs is 1. The molecule has 3 aromatic rings. The van der Waals surface area contributed by atoms with E-state index in [1.54, 1.807) is 0 Å². The molecule has 0 bridgehead atoms. The van der Waals surface area contributed by atoms with Crippen molar-refractivity contribution in [3.8, 4) is 5.75 Å². The number of phenolic OH excluding ortho intramolecular Hbond substituents is 1. The zero-order valence-electron chi connectivity index (χ0n) is 12.1. The molecule has 7 heteroatoms. The van der Waals surface area contributed by atoms with Crippen molar-refractivity contribution in [1.82, 2.24) is 15.0 Å². The number of nitrogens with zero attached hydrogens (tertiary/aromatic N) is 2. The molecule has 0 atom stereocenters. The summed E-state index contributed by atoms with van der Waals surface area (Å²) in [5.74, 6) is 0.249. The van der Waals surface area contributed by atoms with E-state index in [1.165, 1.54) is 0 Å². The van der Waals surface area contributed by atoms with Gasteiger partial charge < -0.3 is 16.2 Å². The highest BCUT2D eigenvalue weighted by molar-refractivity contribution is 6.03. The third kappa shape index (κ3) is 2.32. The zero-order valence-corrected chi connectivity index (χ0v) is 12.1. The van der Waals surface area contributed by atoms with Crippen LogP contribution in [0.3, 0.4) is 0 Å². The lowest BCUT2D eigenvalue weighted by Gasteiger charge is -2.14. The van der Waals surface area contributed by atoms with Crippen LogP contribution in [0.2, 0.25) is 0 Å². The van der Waals surface area contributed by atoms with Gasteiger partial charge in [-0.2, -0.15) is 4.98 Å². The normalized spacial score (nSPS) is 10.8. The molecule has 0 fully saturated rings. The van der Waals surface area contributed by atoms with Gasteiger partial charge in [0.2, 0.25) is 5.95 Å². The number of aromatic amines is 1. The van der Waals surface area contributed by atoms with E-state index in [9.17, 15) is 9.90 Å². The number of nitrogen functional groups attached to an aromatic ring is 1. The van der Waals surface area contributed by atoms with Gasteiger partial charge in [-0.05, 0) is 42.5 Å². The summed E-state index contributed by atoms with van der Waals surface area (Å²) in [5, 5.41) is 14.8. The van der Waals surface area contributed by atoms with Crippen molar-refractivity contribution in [1.29, 1.82) is 0 Å². The largest absolute Gasteiger partial charge is 0.505 e. The number of rotatable bonds is 2. The first-order chi connectivity index (χ1) is 10.5. The number of aromatic hydroxyl groups is 1. The fourth-order valence-electron chi connectivity index (χ4n) is 2.42. The van der Waals surface area contributed by atoms with Gasteiger partial charge in [-0.1, -0.05) is 6.07 Å². The molecule has 0 radical (unpaired) electrons. The molecule has 0 saturated heterocycles. The van der Waals surface area contributed by atoms with Crippen LogP contribution in [0.25, 0.3) is 10.8 Å². The molecule has 1 heterocycles. The smallest absolute Gasteiger partial charge is 0.349 e. The second-order valence-corrected chi connectivity index (χ2v) is 5.14. The Morgan fingerprint density at radius 3 is 2.73 bits per heavy atom. The van der Waals surface area contributed by atoms with Gasteiger partial charge in [-0.3, -0.25) is 4.98 Å². The predicted molar refractivity (Wildman–Crippen MR) is 85.4 cm³/mol. The van der Waals surface area contributed by atoms with Crippen LogP contribution in [-0.2, 0) is 0 Å². The summed E-state index contributed by atoms with van der Waals surface area (Å²) in [6, 6.07) is 5.71. The molecular weight excluding hydrogens is 282 g/mol. The first-order valence-electron chi connectivity index (χ1n) is 6.66. The van der Waals surface area contributed by atoms with E-state index in [2.05, 4.69) is 20.3 Å². The molecule has 0 unspecified atom stereocenters. The van der Waals surface area contributed by atoms with Gasteiger partial charge in [0.15, 0.2) is 0 Å². The Kier molecular flexibility index (Phi) is 3.17. The molecule has 0 amide bonds. The number of H-pyrrole nitrogens is 1. The minimum atomic E-state index is -0.506. The molecule has 0 spiro atoms. The van der Waals surface area contributed by atoms with Crippen LogP contribution in [0.4, 0.5) is 17.3 Å². The van der Waals surface area contributed by atoms with E-state index in [1.807, 2.05) is 32.0 Å². The Hall–Kier alpha value is -3.09. The van der Waals surface area contributed by atoms with Crippen LogP contribution in [0.15, 0.2) is 29.3 Å². The summed E-state index contributed by atoms with van der Waals surface area (Å²) >= 11 is 0. The van der Waals surface area contributed by atoms with Crippen LogP contribution < -0.4 is 16.7 Å².